The summed E-state index contributed by atoms with van der Waals surface area (Å²) in [5, 5.41) is 0. The molecule has 1 fully saturated rings. The maximum Gasteiger partial charge on any atom is 0.139 e. The van der Waals surface area contributed by atoms with E-state index in [0.717, 1.165) is 6.42 Å². The van der Waals surface area contributed by atoms with Crippen LogP contribution in [0.15, 0.2) is 0 Å². The highest BCUT2D eigenvalue weighted by atomic mass is 16.1. The molecule has 0 amide bonds. The van der Waals surface area contributed by atoms with E-state index in [1.807, 2.05) is 13.8 Å². The zero-order chi connectivity index (χ0) is 10.1. The molecule has 0 heterocycles. The first-order valence-corrected chi connectivity index (χ1v) is 5.49. The summed E-state index contributed by atoms with van der Waals surface area (Å²) in [6.45, 7) is 8.54. The molecule has 0 saturated heterocycles. The van der Waals surface area contributed by atoms with Crippen LogP contribution in [0.25, 0.3) is 0 Å². The summed E-state index contributed by atoms with van der Waals surface area (Å²) in [5.41, 5.74) is 0.250. The highest BCUT2D eigenvalue weighted by Gasteiger charge is 2.37. The Labute approximate surface area is 81.9 Å². The first kappa shape index (κ1) is 10.7. The third-order valence-electron chi connectivity index (χ3n) is 3.42. The van der Waals surface area contributed by atoms with Crippen molar-refractivity contribution in [1.29, 1.82) is 0 Å². The summed E-state index contributed by atoms with van der Waals surface area (Å²) < 4.78 is 0. The topological polar surface area (TPSA) is 17.1 Å². The van der Waals surface area contributed by atoms with Gasteiger partial charge in [0, 0.05) is 11.8 Å². The Bertz CT molecular complexity index is 191. The summed E-state index contributed by atoms with van der Waals surface area (Å²) in [6, 6.07) is 0. The van der Waals surface area contributed by atoms with Crippen molar-refractivity contribution >= 4 is 5.78 Å². The van der Waals surface area contributed by atoms with Crippen LogP contribution in [0.4, 0.5) is 0 Å². The fraction of sp³-hybridized carbons (Fsp3) is 0.917. The quantitative estimate of drug-likeness (QED) is 0.639. The van der Waals surface area contributed by atoms with Gasteiger partial charge in [0.2, 0.25) is 0 Å². The molecule has 0 bridgehead atoms. The highest BCUT2D eigenvalue weighted by molar-refractivity contribution is 5.83. The molecule has 1 nitrogen and oxygen atoms in total. The maximum absolute atomic E-state index is 11.9. The first-order valence-electron chi connectivity index (χ1n) is 5.49. The number of carbonyl (C=O) groups is 1. The first-order chi connectivity index (χ1) is 5.95. The molecule has 1 rings (SSSR count). The largest absolute Gasteiger partial charge is 0.299 e. The van der Waals surface area contributed by atoms with Crippen molar-refractivity contribution in [3.05, 3.63) is 0 Å². The zero-order valence-electron chi connectivity index (χ0n) is 9.39. The minimum atomic E-state index is 0.211. The number of Topliss-reactive ketones (excluding diaryl/α,β-unsaturated/α-hetero) is 1. The van der Waals surface area contributed by atoms with E-state index in [9.17, 15) is 4.79 Å². The second-order valence-corrected chi connectivity index (χ2v) is 5.34. The van der Waals surface area contributed by atoms with Gasteiger partial charge in [0.05, 0.1) is 0 Å². The summed E-state index contributed by atoms with van der Waals surface area (Å²) in [7, 11) is 0. The molecule has 1 atom stereocenters. The van der Waals surface area contributed by atoms with Gasteiger partial charge >= 0.3 is 0 Å². The van der Waals surface area contributed by atoms with E-state index in [4.69, 9.17) is 0 Å². The van der Waals surface area contributed by atoms with E-state index in [2.05, 4.69) is 13.8 Å². The summed E-state index contributed by atoms with van der Waals surface area (Å²) in [4.78, 5) is 11.9. The average molecular weight is 182 g/mol. The normalized spacial score (nSPS) is 27.6. The minimum Gasteiger partial charge on any atom is -0.299 e. The predicted octanol–water partition coefficient (Wildman–Crippen LogP) is 3.43. The van der Waals surface area contributed by atoms with Gasteiger partial charge in [0.1, 0.15) is 5.78 Å². The van der Waals surface area contributed by atoms with E-state index < -0.39 is 0 Å². The van der Waals surface area contributed by atoms with Crippen molar-refractivity contribution in [3.63, 3.8) is 0 Å². The van der Waals surface area contributed by atoms with Crippen molar-refractivity contribution in [3.8, 4) is 0 Å². The molecule has 0 aromatic rings. The Balaban J connectivity index is 2.71. The fourth-order valence-corrected chi connectivity index (χ4v) is 2.42. The van der Waals surface area contributed by atoms with Crippen molar-refractivity contribution in [2.45, 2.75) is 53.4 Å². The van der Waals surface area contributed by atoms with Crippen molar-refractivity contribution in [1.82, 2.24) is 0 Å². The molecule has 0 N–H and O–H groups in total. The van der Waals surface area contributed by atoms with Gasteiger partial charge in [-0.25, -0.2) is 0 Å². The molecule has 13 heavy (non-hydrogen) atoms. The smallest absolute Gasteiger partial charge is 0.139 e. The van der Waals surface area contributed by atoms with Gasteiger partial charge in [-0.3, -0.25) is 4.79 Å². The number of hydrogen-bond acceptors (Lipinski definition) is 1. The number of rotatable bonds is 2. The van der Waals surface area contributed by atoms with E-state index in [0.29, 0.717) is 11.7 Å². The standard InChI is InChI=1S/C12H22O/c1-9(2)11(13)10-7-5-6-8-12(10,3)4/h9-10H,5-8H2,1-4H3. The van der Waals surface area contributed by atoms with E-state index >= 15 is 0 Å². The van der Waals surface area contributed by atoms with E-state index in [1.165, 1.54) is 19.3 Å². The Morgan fingerprint density at radius 2 is 1.92 bits per heavy atom. The SMILES string of the molecule is CC(C)C(=O)C1CCCCC1(C)C. The minimum absolute atomic E-state index is 0.211. The molecule has 1 saturated carbocycles. The van der Waals surface area contributed by atoms with Crippen LogP contribution >= 0.6 is 0 Å². The number of hydrogen-bond donors (Lipinski definition) is 0. The van der Waals surface area contributed by atoms with Crippen LogP contribution in [-0.2, 0) is 4.79 Å². The highest BCUT2D eigenvalue weighted by Crippen LogP contribution is 2.41. The van der Waals surface area contributed by atoms with Crippen molar-refractivity contribution in [2.75, 3.05) is 0 Å². The summed E-state index contributed by atoms with van der Waals surface area (Å²) in [5.74, 6) is 1.01. The van der Waals surface area contributed by atoms with Crippen LogP contribution < -0.4 is 0 Å². The Kier molecular flexibility index (Phi) is 3.15. The molecular weight excluding hydrogens is 160 g/mol. The molecule has 1 aliphatic carbocycles. The van der Waals surface area contributed by atoms with E-state index in [-0.39, 0.29) is 11.3 Å². The number of carbonyl (C=O) groups excluding carboxylic acids is 1. The van der Waals surface area contributed by atoms with Crippen LogP contribution in [0.5, 0.6) is 0 Å². The van der Waals surface area contributed by atoms with Gasteiger partial charge in [-0.15, -0.1) is 0 Å². The second kappa shape index (κ2) is 3.81. The van der Waals surface area contributed by atoms with Crippen molar-refractivity contribution < 1.29 is 4.79 Å². The second-order valence-electron chi connectivity index (χ2n) is 5.34. The Morgan fingerprint density at radius 1 is 1.31 bits per heavy atom. The Hall–Kier alpha value is -0.330. The van der Waals surface area contributed by atoms with Gasteiger partial charge in [0.15, 0.2) is 0 Å². The number of ketones is 1. The molecule has 0 radical (unpaired) electrons. The molecule has 0 spiro atoms. The molecular formula is C12H22O. The average Bonchev–Trinajstić information content (AvgIpc) is 2.02. The van der Waals surface area contributed by atoms with Crippen LogP contribution in [0.1, 0.15) is 53.4 Å². The Morgan fingerprint density at radius 3 is 2.38 bits per heavy atom. The lowest BCUT2D eigenvalue weighted by Crippen LogP contribution is -2.36. The third-order valence-corrected chi connectivity index (χ3v) is 3.42. The fourth-order valence-electron chi connectivity index (χ4n) is 2.42. The lowest BCUT2D eigenvalue weighted by Gasteiger charge is -2.38. The molecule has 0 aromatic carbocycles. The van der Waals surface area contributed by atoms with Crippen LogP contribution in [-0.4, -0.2) is 5.78 Å². The molecule has 0 aliphatic heterocycles. The summed E-state index contributed by atoms with van der Waals surface area (Å²) in [6.07, 6.45) is 4.88. The lowest BCUT2D eigenvalue weighted by atomic mass is 9.66. The summed E-state index contributed by atoms with van der Waals surface area (Å²) >= 11 is 0. The van der Waals surface area contributed by atoms with Crippen molar-refractivity contribution in [2.24, 2.45) is 17.3 Å². The molecule has 1 unspecified atom stereocenters. The van der Waals surface area contributed by atoms with Gasteiger partial charge in [-0.1, -0.05) is 40.5 Å². The lowest BCUT2D eigenvalue weighted by molar-refractivity contribution is -0.131. The monoisotopic (exact) mass is 182 g/mol. The molecule has 76 valence electrons. The molecule has 1 heteroatoms. The third kappa shape index (κ3) is 2.32. The molecule has 1 aliphatic rings. The van der Waals surface area contributed by atoms with Crippen LogP contribution in [0.2, 0.25) is 0 Å². The van der Waals surface area contributed by atoms with Gasteiger partial charge in [-0.05, 0) is 18.3 Å². The molecule has 0 aromatic heterocycles. The van der Waals surface area contributed by atoms with Gasteiger partial charge < -0.3 is 0 Å². The van der Waals surface area contributed by atoms with E-state index in [1.54, 1.807) is 0 Å². The van der Waals surface area contributed by atoms with Gasteiger partial charge in [0.25, 0.3) is 0 Å². The maximum atomic E-state index is 11.9. The van der Waals surface area contributed by atoms with Gasteiger partial charge in [-0.2, -0.15) is 0 Å². The zero-order valence-corrected chi connectivity index (χ0v) is 9.39. The van der Waals surface area contributed by atoms with Crippen LogP contribution in [0.3, 0.4) is 0 Å². The van der Waals surface area contributed by atoms with Crippen LogP contribution in [0, 0.1) is 17.3 Å². The predicted molar refractivity (Wildman–Crippen MR) is 55.6 cm³/mol.